The number of phenolic OH excluding ortho intramolecular Hbond substituents is 2. The third-order valence-corrected chi connectivity index (χ3v) is 3.94. The van der Waals surface area contributed by atoms with E-state index in [0.717, 1.165) is 11.1 Å². The lowest BCUT2D eigenvalue weighted by Gasteiger charge is -2.10. The highest BCUT2D eigenvalue weighted by Crippen LogP contribution is 2.30. The predicted octanol–water partition coefficient (Wildman–Crippen LogP) is 4.11. The van der Waals surface area contributed by atoms with Crippen molar-refractivity contribution in [2.24, 2.45) is 0 Å². The summed E-state index contributed by atoms with van der Waals surface area (Å²) in [6.45, 7) is 0. The van der Waals surface area contributed by atoms with Crippen LogP contribution in [0.5, 0.6) is 11.5 Å². The van der Waals surface area contributed by atoms with Crippen molar-refractivity contribution in [2.75, 3.05) is 0 Å². The summed E-state index contributed by atoms with van der Waals surface area (Å²) >= 11 is 0. The number of carbonyl (C=O) groups is 1. The average Bonchev–Trinajstić information content (AvgIpc) is 2.59. The van der Waals surface area contributed by atoms with E-state index < -0.39 is 0 Å². The fourth-order valence-electron chi connectivity index (χ4n) is 2.68. The van der Waals surface area contributed by atoms with Crippen LogP contribution in [0.25, 0.3) is 0 Å². The summed E-state index contributed by atoms with van der Waals surface area (Å²) in [5.41, 5.74) is 2.78. The van der Waals surface area contributed by atoms with Gasteiger partial charge in [0.1, 0.15) is 11.5 Å². The van der Waals surface area contributed by atoms with Crippen molar-refractivity contribution in [3.05, 3.63) is 95.1 Å². The molecular formula is C21H18O3. The second-order valence-corrected chi connectivity index (χ2v) is 5.75. The van der Waals surface area contributed by atoms with Gasteiger partial charge in [-0.3, -0.25) is 4.79 Å². The van der Waals surface area contributed by atoms with E-state index in [2.05, 4.69) is 0 Å². The van der Waals surface area contributed by atoms with Gasteiger partial charge in [0.25, 0.3) is 0 Å². The number of rotatable bonds is 5. The summed E-state index contributed by atoms with van der Waals surface area (Å²) in [6, 6.07) is 21.9. The molecular weight excluding hydrogens is 300 g/mol. The second kappa shape index (κ2) is 7.01. The van der Waals surface area contributed by atoms with Crippen molar-refractivity contribution in [2.45, 2.75) is 12.8 Å². The van der Waals surface area contributed by atoms with E-state index in [4.69, 9.17) is 0 Å². The van der Waals surface area contributed by atoms with Gasteiger partial charge in [-0.25, -0.2) is 0 Å². The van der Waals surface area contributed by atoms with E-state index in [-0.39, 0.29) is 29.3 Å². The van der Waals surface area contributed by atoms with E-state index in [1.54, 1.807) is 6.07 Å². The molecule has 3 aromatic rings. The number of carbonyl (C=O) groups excluding carboxylic acids is 1. The second-order valence-electron chi connectivity index (χ2n) is 5.75. The van der Waals surface area contributed by atoms with Gasteiger partial charge in [0.05, 0.1) is 5.56 Å². The molecule has 2 N–H and O–H groups in total. The summed E-state index contributed by atoms with van der Waals surface area (Å²) in [6.07, 6.45) is 0.711. The maximum atomic E-state index is 12.5. The van der Waals surface area contributed by atoms with Crippen LogP contribution < -0.4 is 0 Å². The molecule has 0 saturated heterocycles. The van der Waals surface area contributed by atoms with Gasteiger partial charge >= 0.3 is 0 Å². The molecule has 0 aliphatic heterocycles. The third kappa shape index (κ3) is 3.63. The normalized spacial score (nSPS) is 10.5. The van der Waals surface area contributed by atoms with E-state index in [0.29, 0.717) is 12.0 Å². The number of hydrogen-bond donors (Lipinski definition) is 2. The van der Waals surface area contributed by atoms with Crippen LogP contribution >= 0.6 is 0 Å². The van der Waals surface area contributed by atoms with Gasteiger partial charge in [0, 0.05) is 18.9 Å². The highest BCUT2D eigenvalue weighted by molar-refractivity contribution is 6.00. The number of hydrogen-bond acceptors (Lipinski definition) is 3. The Morgan fingerprint density at radius 1 is 0.750 bits per heavy atom. The number of Topliss-reactive ketones (excluding diaryl/α,β-unsaturated/α-hetero) is 1. The Labute approximate surface area is 140 Å². The Balaban J connectivity index is 1.88. The van der Waals surface area contributed by atoms with Crippen LogP contribution in [0, 0.1) is 0 Å². The van der Waals surface area contributed by atoms with Crippen molar-refractivity contribution in [1.82, 2.24) is 0 Å². The summed E-state index contributed by atoms with van der Waals surface area (Å²) in [4.78, 5) is 12.5. The first-order valence-electron chi connectivity index (χ1n) is 7.79. The molecule has 3 rings (SSSR count). The molecule has 0 aliphatic rings. The van der Waals surface area contributed by atoms with Gasteiger partial charge in [-0.05, 0) is 22.8 Å². The maximum absolute atomic E-state index is 12.5. The molecule has 0 fully saturated rings. The fourth-order valence-corrected chi connectivity index (χ4v) is 2.68. The predicted molar refractivity (Wildman–Crippen MR) is 93.5 cm³/mol. The number of phenols is 2. The molecule has 24 heavy (non-hydrogen) atoms. The van der Waals surface area contributed by atoms with E-state index >= 15 is 0 Å². The van der Waals surface area contributed by atoms with Crippen molar-refractivity contribution < 1.29 is 15.0 Å². The SMILES string of the molecule is O=C(Cc1ccccc1)c1cc(Cc2ccccc2)c(O)cc1O. The minimum atomic E-state index is -0.190. The highest BCUT2D eigenvalue weighted by atomic mass is 16.3. The average molecular weight is 318 g/mol. The minimum absolute atomic E-state index is 0.00684. The van der Waals surface area contributed by atoms with Crippen LogP contribution in [-0.2, 0) is 12.8 Å². The zero-order valence-corrected chi connectivity index (χ0v) is 13.1. The zero-order chi connectivity index (χ0) is 16.9. The standard InChI is InChI=1S/C21H18O3/c22-19-14-21(24)18(20(23)12-16-9-5-2-6-10-16)13-17(19)11-15-7-3-1-4-8-15/h1-10,13-14,22,24H,11-12H2. The summed E-state index contributed by atoms with van der Waals surface area (Å²) in [7, 11) is 0. The molecule has 0 radical (unpaired) electrons. The van der Waals surface area contributed by atoms with Gasteiger partial charge < -0.3 is 10.2 Å². The van der Waals surface area contributed by atoms with E-state index in [1.165, 1.54) is 6.07 Å². The van der Waals surface area contributed by atoms with Gasteiger partial charge in [-0.2, -0.15) is 0 Å². The van der Waals surface area contributed by atoms with Crippen LogP contribution in [0.3, 0.4) is 0 Å². The largest absolute Gasteiger partial charge is 0.508 e. The molecule has 3 heteroatoms. The van der Waals surface area contributed by atoms with Crippen molar-refractivity contribution in [1.29, 1.82) is 0 Å². The highest BCUT2D eigenvalue weighted by Gasteiger charge is 2.16. The first kappa shape index (κ1) is 15.8. The summed E-state index contributed by atoms with van der Waals surface area (Å²) < 4.78 is 0. The Hall–Kier alpha value is -3.07. The fraction of sp³-hybridized carbons (Fsp3) is 0.0952. The number of benzene rings is 3. The van der Waals surface area contributed by atoms with Crippen LogP contribution in [0.1, 0.15) is 27.0 Å². The van der Waals surface area contributed by atoms with Crippen molar-refractivity contribution in [3.8, 4) is 11.5 Å². The zero-order valence-electron chi connectivity index (χ0n) is 13.1. The summed E-state index contributed by atoms with van der Waals surface area (Å²) in [5, 5.41) is 20.1. The van der Waals surface area contributed by atoms with Crippen molar-refractivity contribution >= 4 is 5.78 Å². The topological polar surface area (TPSA) is 57.5 Å². The lowest BCUT2D eigenvalue weighted by molar-refractivity contribution is 0.0990. The molecule has 0 spiro atoms. The molecule has 0 saturated carbocycles. The van der Waals surface area contributed by atoms with Gasteiger partial charge in [0.15, 0.2) is 5.78 Å². The Morgan fingerprint density at radius 3 is 1.96 bits per heavy atom. The van der Waals surface area contributed by atoms with Crippen LogP contribution in [-0.4, -0.2) is 16.0 Å². The molecule has 3 nitrogen and oxygen atoms in total. The smallest absolute Gasteiger partial charge is 0.170 e. The molecule has 0 amide bonds. The summed E-state index contributed by atoms with van der Waals surface area (Å²) in [5.74, 6) is -0.370. The van der Waals surface area contributed by atoms with Crippen molar-refractivity contribution in [3.63, 3.8) is 0 Å². The number of aromatic hydroxyl groups is 2. The molecule has 0 heterocycles. The molecule has 120 valence electrons. The lowest BCUT2D eigenvalue weighted by atomic mass is 9.97. The molecule has 0 bridgehead atoms. The molecule has 0 atom stereocenters. The van der Waals surface area contributed by atoms with Gasteiger partial charge in [-0.15, -0.1) is 0 Å². The molecule has 0 unspecified atom stereocenters. The minimum Gasteiger partial charge on any atom is -0.508 e. The van der Waals surface area contributed by atoms with Gasteiger partial charge in [0.2, 0.25) is 0 Å². The Kier molecular flexibility index (Phi) is 4.62. The van der Waals surface area contributed by atoms with Crippen LogP contribution in [0.4, 0.5) is 0 Å². The quantitative estimate of drug-likeness (QED) is 0.696. The first-order chi connectivity index (χ1) is 11.6. The van der Waals surface area contributed by atoms with E-state index in [9.17, 15) is 15.0 Å². The molecule has 0 aliphatic carbocycles. The van der Waals surface area contributed by atoms with Gasteiger partial charge in [-0.1, -0.05) is 60.7 Å². The number of ketones is 1. The van der Waals surface area contributed by atoms with E-state index in [1.807, 2.05) is 60.7 Å². The Bertz CT molecular complexity index is 840. The monoisotopic (exact) mass is 318 g/mol. The third-order valence-electron chi connectivity index (χ3n) is 3.94. The van der Waals surface area contributed by atoms with Crippen LogP contribution in [0.15, 0.2) is 72.8 Å². The maximum Gasteiger partial charge on any atom is 0.170 e. The molecule has 3 aromatic carbocycles. The first-order valence-corrected chi connectivity index (χ1v) is 7.79. The molecule has 0 aromatic heterocycles. The van der Waals surface area contributed by atoms with Crippen LogP contribution in [0.2, 0.25) is 0 Å². The lowest BCUT2D eigenvalue weighted by Crippen LogP contribution is -2.05. The Morgan fingerprint density at radius 2 is 1.33 bits per heavy atom.